The van der Waals surface area contributed by atoms with E-state index in [1.165, 1.54) is 0 Å². The van der Waals surface area contributed by atoms with Gasteiger partial charge in [0, 0.05) is 37.2 Å². The van der Waals surface area contributed by atoms with Crippen molar-refractivity contribution >= 4 is 23.6 Å². The Balaban J connectivity index is 1.59. The highest BCUT2D eigenvalue weighted by atomic mass is 16.3. The fraction of sp³-hybridized carbons (Fsp3) is 0.429. The Bertz CT molecular complexity index is 1390. The number of fused-ring (bicyclic) bond motifs is 18. The van der Waals surface area contributed by atoms with E-state index in [2.05, 4.69) is 26.2 Å². The van der Waals surface area contributed by atoms with Gasteiger partial charge in [-0.1, -0.05) is 56.3 Å². The molecule has 10 heteroatoms. The minimum absolute atomic E-state index is 0.0911. The van der Waals surface area contributed by atoms with Crippen molar-refractivity contribution in [2.45, 2.75) is 77.7 Å². The maximum atomic E-state index is 13.7. The van der Waals surface area contributed by atoms with Gasteiger partial charge in [0.2, 0.25) is 17.7 Å². The van der Waals surface area contributed by atoms with Crippen LogP contribution in [0.1, 0.15) is 67.1 Å². The molecule has 0 aliphatic carbocycles. The highest BCUT2D eigenvalue weighted by molar-refractivity contribution is 5.98. The van der Waals surface area contributed by atoms with Gasteiger partial charge < -0.3 is 25.7 Å². The van der Waals surface area contributed by atoms with Crippen LogP contribution in [-0.4, -0.2) is 59.7 Å². The molecule has 0 saturated carbocycles. The van der Waals surface area contributed by atoms with E-state index in [1.54, 1.807) is 31.6 Å². The molecule has 2 aliphatic heterocycles. The fourth-order valence-corrected chi connectivity index (χ4v) is 5.36. The summed E-state index contributed by atoms with van der Waals surface area (Å²) in [6.07, 6.45) is 5.62. The molecule has 10 nitrogen and oxygen atoms in total. The minimum Gasteiger partial charge on any atom is -0.472 e. The monoisotopic (exact) mass is 615 g/mol. The van der Waals surface area contributed by atoms with Crippen LogP contribution in [0.5, 0.6) is 0 Å². The average molecular weight is 616 g/mol. The second kappa shape index (κ2) is 16.6. The number of rotatable bonds is 6. The van der Waals surface area contributed by atoms with Crippen LogP contribution in [0, 0.1) is 5.92 Å². The van der Waals surface area contributed by atoms with Gasteiger partial charge in [-0.3, -0.25) is 24.1 Å². The summed E-state index contributed by atoms with van der Waals surface area (Å²) in [4.78, 5) is 55.6. The summed E-state index contributed by atoms with van der Waals surface area (Å²) in [6, 6.07) is 16.2. The first-order chi connectivity index (χ1) is 21.7. The van der Waals surface area contributed by atoms with Gasteiger partial charge in [-0.25, -0.2) is 0 Å². The molecule has 5 rings (SSSR count). The Hall–Kier alpha value is -4.44. The molecule has 0 saturated heterocycles. The standard InChI is InChI=1S/C35H45N5O5/c1-24(2)19-30-34(43)37-25(3)32(41)36-16-7-8-17-40(22-28-15-18-45-23-28)21-27-11-13-29(14-12-27)33(42)38-31(35(44)39-30)20-26-9-5-4-6-10-26/h4-6,9-15,18,23-25,30-31H,7-8,16-17,19-22H2,1-3H3,(H,36,41)(H,37,43)(H,38,42)(H,39,44)/t25-,30+,31-/m1/s1. The van der Waals surface area contributed by atoms with Crippen LogP contribution < -0.4 is 21.3 Å². The molecule has 4 N–H and O–H groups in total. The number of benzene rings is 2. The Labute approximate surface area is 265 Å². The number of hydrogen-bond donors (Lipinski definition) is 4. The Morgan fingerprint density at radius 1 is 0.822 bits per heavy atom. The summed E-state index contributed by atoms with van der Waals surface area (Å²) >= 11 is 0. The van der Waals surface area contributed by atoms with E-state index < -0.39 is 29.9 Å². The molecule has 0 spiro atoms. The molecule has 0 unspecified atom stereocenters. The second-order valence-electron chi connectivity index (χ2n) is 12.2. The van der Waals surface area contributed by atoms with E-state index in [-0.39, 0.29) is 24.2 Å². The topological polar surface area (TPSA) is 133 Å². The second-order valence-corrected chi connectivity index (χ2v) is 12.2. The molecule has 2 bridgehead atoms. The Morgan fingerprint density at radius 3 is 2.24 bits per heavy atom. The third-order valence-electron chi connectivity index (χ3n) is 7.81. The quantitative estimate of drug-likeness (QED) is 0.314. The number of carbonyl (C=O) groups excluding carboxylic acids is 4. The van der Waals surface area contributed by atoms with Gasteiger partial charge in [0.05, 0.1) is 12.5 Å². The van der Waals surface area contributed by atoms with Gasteiger partial charge in [-0.05, 0) is 68.0 Å². The highest BCUT2D eigenvalue weighted by Crippen LogP contribution is 2.14. The van der Waals surface area contributed by atoms with Crippen molar-refractivity contribution in [3.05, 3.63) is 95.4 Å². The average Bonchev–Trinajstić information content (AvgIpc) is 3.53. The Morgan fingerprint density at radius 2 is 1.56 bits per heavy atom. The van der Waals surface area contributed by atoms with Crippen molar-refractivity contribution < 1.29 is 23.6 Å². The molecule has 2 aromatic carbocycles. The summed E-state index contributed by atoms with van der Waals surface area (Å²) in [6.45, 7) is 8.18. The third kappa shape index (κ3) is 10.6. The number of carbonyl (C=O) groups is 4. The van der Waals surface area contributed by atoms with E-state index in [1.807, 2.05) is 62.4 Å². The summed E-state index contributed by atoms with van der Waals surface area (Å²) in [5, 5.41) is 11.4. The first-order valence-electron chi connectivity index (χ1n) is 15.7. The van der Waals surface area contributed by atoms with Crippen molar-refractivity contribution in [1.29, 1.82) is 0 Å². The summed E-state index contributed by atoms with van der Waals surface area (Å²) in [5.41, 5.74) is 3.41. The maximum Gasteiger partial charge on any atom is 0.251 e. The van der Waals surface area contributed by atoms with Crippen molar-refractivity contribution in [2.24, 2.45) is 5.92 Å². The summed E-state index contributed by atoms with van der Waals surface area (Å²) < 4.78 is 5.27. The van der Waals surface area contributed by atoms with E-state index in [0.29, 0.717) is 31.6 Å². The minimum atomic E-state index is -0.928. The van der Waals surface area contributed by atoms with Gasteiger partial charge in [0.15, 0.2) is 0 Å². The zero-order valence-corrected chi connectivity index (χ0v) is 26.4. The fourth-order valence-electron chi connectivity index (χ4n) is 5.36. The van der Waals surface area contributed by atoms with Crippen LogP contribution in [-0.2, 0) is 33.9 Å². The molecule has 0 fully saturated rings. The number of amides is 4. The van der Waals surface area contributed by atoms with Crippen molar-refractivity contribution in [1.82, 2.24) is 26.2 Å². The smallest absolute Gasteiger partial charge is 0.251 e. The van der Waals surface area contributed by atoms with Crippen LogP contribution in [0.2, 0.25) is 0 Å². The van der Waals surface area contributed by atoms with Crippen molar-refractivity contribution in [2.75, 3.05) is 13.1 Å². The molecule has 3 atom stereocenters. The molecule has 240 valence electrons. The first kappa shape index (κ1) is 33.5. The third-order valence-corrected chi connectivity index (χ3v) is 7.81. The normalized spacial score (nSPS) is 21.4. The predicted molar refractivity (Wildman–Crippen MR) is 172 cm³/mol. The lowest BCUT2D eigenvalue weighted by atomic mass is 10.0. The van der Waals surface area contributed by atoms with Gasteiger partial charge in [-0.2, -0.15) is 0 Å². The van der Waals surface area contributed by atoms with E-state index >= 15 is 0 Å². The molecular weight excluding hydrogens is 570 g/mol. The van der Waals surface area contributed by atoms with Gasteiger partial charge in [0.25, 0.3) is 5.91 Å². The van der Waals surface area contributed by atoms with E-state index in [4.69, 9.17) is 4.42 Å². The molecule has 45 heavy (non-hydrogen) atoms. The van der Waals surface area contributed by atoms with Gasteiger partial charge >= 0.3 is 0 Å². The molecule has 2 aliphatic rings. The van der Waals surface area contributed by atoms with E-state index in [9.17, 15) is 19.2 Å². The highest BCUT2D eigenvalue weighted by Gasteiger charge is 2.29. The predicted octanol–water partition coefficient (Wildman–Crippen LogP) is 3.57. The molecule has 3 aromatic rings. The lowest BCUT2D eigenvalue weighted by Crippen LogP contribution is -2.57. The molecule has 0 radical (unpaired) electrons. The van der Waals surface area contributed by atoms with Crippen molar-refractivity contribution in [3.63, 3.8) is 0 Å². The van der Waals surface area contributed by atoms with E-state index in [0.717, 1.165) is 36.1 Å². The van der Waals surface area contributed by atoms with Gasteiger partial charge in [-0.15, -0.1) is 0 Å². The SMILES string of the molecule is CC(C)C[C@@H]1NC(=O)[C@@H](Cc2ccccc2)NC(=O)c2ccc(cc2)CN(Cc2ccoc2)CCCCNC(=O)[C@@H](C)NC1=O. The van der Waals surface area contributed by atoms with Gasteiger partial charge in [0.1, 0.15) is 18.1 Å². The first-order valence-corrected chi connectivity index (χ1v) is 15.7. The lowest BCUT2D eigenvalue weighted by molar-refractivity contribution is -0.132. The molecule has 4 amide bonds. The van der Waals surface area contributed by atoms with Crippen LogP contribution in [0.4, 0.5) is 0 Å². The maximum absolute atomic E-state index is 13.7. The van der Waals surface area contributed by atoms with Crippen molar-refractivity contribution in [3.8, 4) is 0 Å². The molecule has 3 heterocycles. The van der Waals surface area contributed by atoms with Crippen LogP contribution in [0.15, 0.2) is 77.6 Å². The lowest BCUT2D eigenvalue weighted by Gasteiger charge is -2.25. The zero-order chi connectivity index (χ0) is 32.2. The van der Waals surface area contributed by atoms with Crippen LogP contribution in [0.25, 0.3) is 0 Å². The number of hydrogen-bond acceptors (Lipinski definition) is 6. The number of nitrogens with zero attached hydrogens (tertiary/aromatic N) is 1. The largest absolute Gasteiger partial charge is 0.472 e. The Kier molecular flexibility index (Phi) is 12.3. The molecule has 1 aromatic heterocycles. The van der Waals surface area contributed by atoms with Crippen LogP contribution in [0.3, 0.4) is 0 Å². The summed E-state index contributed by atoms with van der Waals surface area (Å²) in [7, 11) is 0. The van der Waals surface area contributed by atoms with Crippen LogP contribution >= 0.6 is 0 Å². The summed E-state index contributed by atoms with van der Waals surface area (Å²) in [5.74, 6) is -1.49. The number of furan rings is 1. The number of nitrogens with one attached hydrogen (secondary N) is 4. The zero-order valence-electron chi connectivity index (χ0n) is 26.4. The molecular formula is C35H45N5O5.